The quantitative estimate of drug-likeness (QED) is 0.824. The molecule has 2 aromatic rings. The first-order valence-corrected chi connectivity index (χ1v) is 7.47. The van der Waals surface area contributed by atoms with Crippen LogP contribution in [0.25, 0.3) is 11.0 Å². The molecule has 4 nitrogen and oxygen atoms in total. The summed E-state index contributed by atoms with van der Waals surface area (Å²) in [6, 6.07) is 5.45. The topological polar surface area (TPSA) is 55.1 Å². The Morgan fingerprint density at radius 1 is 1.58 bits per heavy atom. The molecular weight excluding hydrogens is 352 g/mol. The van der Waals surface area contributed by atoms with Crippen LogP contribution in [-0.2, 0) is 11.3 Å². The number of thioether (sulfide) groups is 1. The zero-order valence-corrected chi connectivity index (χ0v) is 12.9. The molecule has 0 fully saturated rings. The van der Waals surface area contributed by atoms with Crippen LogP contribution >= 0.6 is 39.3 Å². The molecule has 7 heteroatoms. The van der Waals surface area contributed by atoms with E-state index in [4.69, 9.17) is 16.7 Å². The number of nitrogens with zero attached hydrogens (tertiary/aromatic N) is 2. The number of fused-ring (bicyclic) bond motifs is 1. The van der Waals surface area contributed by atoms with Gasteiger partial charge < -0.3 is 9.67 Å². The Labute approximate surface area is 127 Å². The minimum absolute atomic E-state index is 0.0459. The summed E-state index contributed by atoms with van der Waals surface area (Å²) in [6.07, 6.45) is 0. The van der Waals surface area contributed by atoms with Crippen LogP contribution in [0.3, 0.4) is 0 Å². The van der Waals surface area contributed by atoms with E-state index < -0.39 is 5.97 Å². The van der Waals surface area contributed by atoms with E-state index in [1.165, 1.54) is 0 Å². The molecule has 19 heavy (non-hydrogen) atoms. The molecule has 0 amide bonds. The average molecular weight is 362 g/mol. The van der Waals surface area contributed by atoms with Crippen molar-refractivity contribution in [3.8, 4) is 0 Å². The minimum Gasteiger partial charge on any atom is -0.481 e. The van der Waals surface area contributed by atoms with Crippen LogP contribution in [0.5, 0.6) is 0 Å². The number of benzene rings is 1. The van der Waals surface area contributed by atoms with E-state index in [1.807, 2.05) is 16.7 Å². The van der Waals surface area contributed by atoms with E-state index in [9.17, 15) is 4.79 Å². The summed E-state index contributed by atoms with van der Waals surface area (Å²) in [5.74, 6) is -0.928. The van der Waals surface area contributed by atoms with Gasteiger partial charge in [-0.15, -0.1) is 0 Å². The van der Waals surface area contributed by atoms with Crippen molar-refractivity contribution in [2.24, 2.45) is 0 Å². The van der Waals surface area contributed by atoms with Crippen molar-refractivity contribution in [2.45, 2.75) is 11.7 Å². The molecule has 0 saturated heterocycles. The lowest BCUT2D eigenvalue weighted by Gasteiger charge is -2.07. The number of para-hydroxylation sites is 1. The smallest absolute Gasteiger partial charge is 0.313 e. The average Bonchev–Trinajstić information content (AvgIpc) is 2.65. The van der Waals surface area contributed by atoms with Gasteiger partial charge in [-0.25, -0.2) is 4.98 Å². The van der Waals surface area contributed by atoms with Crippen LogP contribution < -0.4 is 0 Å². The summed E-state index contributed by atoms with van der Waals surface area (Å²) < 4.78 is 2.63. The molecule has 2 rings (SSSR count). The first-order chi connectivity index (χ1) is 8.99. The Balaban J connectivity index is 2.52. The number of halogens is 2. The third kappa shape index (κ3) is 3.32. The van der Waals surface area contributed by atoms with Crippen molar-refractivity contribution >= 4 is 56.3 Å². The number of carbonyl (C=O) groups is 1. The van der Waals surface area contributed by atoms with Gasteiger partial charge in [-0.05, 0) is 12.1 Å². The van der Waals surface area contributed by atoms with Crippen LogP contribution in [0.1, 0.15) is 0 Å². The van der Waals surface area contributed by atoms with Gasteiger partial charge in [0.05, 0.1) is 28.4 Å². The largest absolute Gasteiger partial charge is 0.481 e. The second-order valence-electron chi connectivity index (χ2n) is 3.79. The first-order valence-electron chi connectivity index (χ1n) is 5.31. The van der Waals surface area contributed by atoms with Crippen molar-refractivity contribution in [1.82, 2.24) is 9.55 Å². The van der Waals surface area contributed by atoms with Gasteiger partial charge in [0.1, 0.15) is 0 Å². The summed E-state index contributed by atoms with van der Waals surface area (Å²) in [4.78, 5) is 15.1. The standard InChI is InChI=1S/C12H10BrClN2O2S/c1-7(13)5-16-11-8(14)3-2-4-9(11)15-12(16)19-6-10(17)18/h2-4H,1,5-6H2,(H,17,18). The predicted octanol–water partition coefficient (Wildman–Crippen LogP) is 3.78. The Kier molecular flexibility index (Phi) is 4.54. The van der Waals surface area contributed by atoms with Gasteiger partial charge in [0.2, 0.25) is 0 Å². The van der Waals surface area contributed by atoms with Gasteiger partial charge in [-0.2, -0.15) is 0 Å². The van der Waals surface area contributed by atoms with E-state index in [-0.39, 0.29) is 5.75 Å². The molecule has 0 bridgehead atoms. The van der Waals surface area contributed by atoms with Crippen LogP contribution in [0, 0.1) is 0 Å². The fourth-order valence-corrected chi connectivity index (χ4v) is 2.92. The number of hydrogen-bond donors (Lipinski definition) is 1. The van der Waals surface area contributed by atoms with E-state index in [2.05, 4.69) is 27.5 Å². The molecule has 1 N–H and O–H groups in total. The van der Waals surface area contributed by atoms with Crippen molar-refractivity contribution < 1.29 is 9.90 Å². The molecule has 100 valence electrons. The summed E-state index contributed by atoms with van der Waals surface area (Å²) in [6.45, 7) is 4.29. The van der Waals surface area contributed by atoms with Crippen molar-refractivity contribution in [2.75, 3.05) is 5.75 Å². The second kappa shape index (κ2) is 5.98. The zero-order valence-electron chi connectivity index (χ0n) is 9.77. The van der Waals surface area contributed by atoms with Crippen LogP contribution in [0.15, 0.2) is 34.4 Å². The molecule has 0 aliphatic carbocycles. The van der Waals surface area contributed by atoms with Crippen LogP contribution in [0.4, 0.5) is 0 Å². The SMILES string of the molecule is C=C(Br)Cn1c(SCC(=O)O)nc2cccc(Cl)c21. The molecule has 1 heterocycles. The molecule has 0 atom stereocenters. The van der Waals surface area contributed by atoms with E-state index in [0.29, 0.717) is 16.7 Å². The van der Waals surface area contributed by atoms with Crippen molar-refractivity contribution in [3.63, 3.8) is 0 Å². The number of carboxylic acids is 1. The highest BCUT2D eigenvalue weighted by molar-refractivity contribution is 9.11. The number of allylic oxidation sites excluding steroid dienone is 1. The van der Waals surface area contributed by atoms with Gasteiger partial charge in [-0.1, -0.05) is 51.9 Å². The second-order valence-corrected chi connectivity index (χ2v) is 6.26. The Morgan fingerprint density at radius 3 is 2.95 bits per heavy atom. The third-order valence-corrected chi connectivity index (χ3v) is 3.85. The molecule has 0 saturated carbocycles. The summed E-state index contributed by atoms with van der Waals surface area (Å²) in [5, 5.41) is 9.97. The maximum atomic E-state index is 10.7. The summed E-state index contributed by atoms with van der Waals surface area (Å²) in [7, 11) is 0. The van der Waals surface area contributed by atoms with Gasteiger partial charge >= 0.3 is 5.97 Å². The number of carboxylic acid groups (broad SMARTS) is 1. The minimum atomic E-state index is -0.882. The molecule has 0 spiro atoms. The molecule has 0 radical (unpaired) electrons. The van der Waals surface area contributed by atoms with E-state index >= 15 is 0 Å². The normalized spacial score (nSPS) is 10.8. The van der Waals surface area contributed by atoms with Crippen LogP contribution in [-0.4, -0.2) is 26.4 Å². The highest BCUT2D eigenvalue weighted by Crippen LogP contribution is 2.30. The molecule has 1 aromatic carbocycles. The maximum absolute atomic E-state index is 10.7. The molecule has 0 aliphatic heterocycles. The highest BCUT2D eigenvalue weighted by atomic mass is 79.9. The number of hydrogen-bond acceptors (Lipinski definition) is 3. The van der Waals surface area contributed by atoms with E-state index in [0.717, 1.165) is 27.3 Å². The fourth-order valence-electron chi connectivity index (χ4n) is 1.68. The van der Waals surface area contributed by atoms with E-state index in [1.54, 1.807) is 6.07 Å². The number of imidazole rings is 1. The van der Waals surface area contributed by atoms with Gasteiger partial charge in [0.25, 0.3) is 0 Å². The molecule has 0 aliphatic rings. The van der Waals surface area contributed by atoms with Crippen LogP contribution in [0.2, 0.25) is 5.02 Å². The molecular formula is C12H10BrClN2O2S. The van der Waals surface area contributed by atoms with Gasteiger partial charge in [0.15, 0.2) is 5.16 Å². The fraction of sp³-hybridized carbons (Fsp3) is 0.167. The van der Waals surface area contributed by atoms with Gasteiger partial charge in [0, 0.05) is 4.48 Å². The zero-order chi connectivity index (χ0) is 14.0. The number of aliphatic carboxylic acids is 1. The van der Waals surface area contributed by atoms with Crippen molar-refractivity contribution in [3.05, 3.63) is 34.3 Å². The molecule has 1 aromatic heterocycles. The lowest BCUT2D eigenvalue weighted by molar-refractivity contribution is -0.133. The Morgan fingerprint density at radius 2 is 2.32 bits per heavy atom. The molecule has 0 unspecified atom stereocenters. The lowest BCUT2D eigenvalue weighted by atomic mass is 10.3. The Bertz CT molecular complexity index is 656. The number of rotatable bonds is 5. The lowest BCUT2D eigenvalue weighted by Crippen LogP contribution is -2.03. The third-order valence-electron chi connectivity index (χ3n) is 2.34. The Hall–Kier alpha value is -0.980. The summed E-state index contributed by atoms with van der Waals surface area (Å²) >= 11 is 10.7. The predicted molar refractivity (Wildman–Crippen MR) is 81.2 cm³/mol. The highest BCUT2D eigenvalue weighted by Gasteiger charge is 2.15. The summed E-state index contributed by atoms with van der Waals surface area (Å²) in [5.41, 5.74) is 1.53. The maximum Gasteiger partial charge on any atom is 0.313 e. The number of aromatic nitrogens is 2. The van der Waals surface area contributed by atoms with Crippen molar-refractivity contribution in [1.29, 1.82) is 0 Å². The van der Waals surface area contributed by atoms with Gasteiger partial charge in [-0.3, -0.25) is 4.79 Å². The first kappa shape index (κ1) is 14.4. The monoisotopic (exact) mass is 360 g/mol.